The van der Waals surface area contributed by atoms with Crippen LogP contribution in [0.4, 0.5) is 10.1 Å². The van der Waals surface area contributed by atoms with Crippen molar-refractivity contribution >= 4 is 23.2 Å². The summed E-state index contributed by atoms with van der Waals surface area (Å²) in [5.41, 5.74) is 1.65. The van der Waals surface area contributed by atoms with Crippen molar-refractivity contribution in [2.24, 2.45) is 0 Å². The quantitative estimate of drug-likeness (QED) is 0.812. The fraction of sp³-hybridized carbons (Fsp3) is 0.435. The zero-order chi connectivity index (χ0) is 20.7. The van der Waals surface area contributed by atoms with E-state index >= 15 is 0 Å². The summed E-state index contributed by atoms with van der Waals surface area (Å²) < 4.78 is 13.2. The van der Waals surface area contributed by atoms with E-state index in [4.69, 9.17) is 11.6 Å². The number of halogens is 2. The molecule has 0 radical (unpaired) electrons. The highest BCUT2D eigenvalue weighted by atomic mass is 35.5. The molecular weight excluding hydrogens is 403 g/mol. The third kappa shape index (κ3) is 3.47. The first-order valence-corrected chi connectivity index (χ1v) is 10.9. The minimum atomic E-state index is -0.428. The Morgan fingerprint density at radius 1 is 1.10 bits per heavy atom. The molecule has 3 aliphatic heterocycles. The Morgan fingerprint density at radius 3 is 2.53 bits per heavy atom. The monoisotopic (exact) mass is 428 g/mol. The molecule has 1 N–H and O–H groups in total. The Balaban J connectivity index is 1.18. The predicted molar refractivity (Wildman–Crippen MR) is 116 cm³/mol. The first-order chi connectivity index (χ1) is 14.5. The largest absolute Gasteiger partial charge is 0.339 e. The van der Waals surface area contributed by atoms with Crippen molar-refractivity contribution in [3.8, 4) is 0 Å². The highest BCUT2D eigenvalue weighted by Crippen LogP contribution is 2.37. The lowest BCUT2D eigenvalue weighted by Crippen LogP contribution is -2.64. The van der Waals surface area contributed by atoms with Gasteiger partial charge in [0.25, 0.3) is 0 Å². The van der Waals surface area contributed by atoms with E-state index in [1.807, 2.05) is 18.2 Å². The van der Waals surface area contributed by atoms with Gasteiger partial charge in [0.15, 0.2) is 0 Å². The van der Waals surface area contributed by atoms with E-state index in [2.05, 4.69) is 32.1 Å². The summed E-state index contributed by atoms with van der Waals surface area (Å²) >= 11 is 6.17. The summed E-state index contributed by atoms with van der Waals surface area (Å²) in [6.07, 6.45) is 1.68. The molecule has 0 bridgehead atoms. The molecule has 1 amide bonds. The second-order valence-electron chi connectivity index (χ2n) is 8.58. The lowest BCUT2D eigenvalue weighted by atomic mass is 9.84. The second kappa shape index (κ2) is 7.84. The number of carbonyl (C=O) groups excluding carboxylic acids is 1. The average Bonchev–Trinajstić information content (AvgIpc) is 3.03. The van der Waals surface area contributed by atoms with Crippen LogP contribution in [0.5, 0.6) is 0 Å². The lowest BCUT2D eigenvalue weighted by Gasteiger charge is -2.50. The van der Waals surface area contributed by atoms with Crippen molar-refractivity contribution in [3.05, 3.63) is 64.9 Å². The minimum absolute atomic E-state index is 0.159. The number of nitrogens with zero attached hydrogens (tertiary/aromatic N) is 3. The number of amides is 1. The maximum atomic E-state index is 13.2. The molecule has 1 spiro atoms. The Labute approximate surface area is 181 Å². The lowest BCUT2D eigenvalue weighted by molar-refractivity contribution is -0.125. The SMILES string of the molecule is O=C1NCN(c2ccccc2)C12CCN(C1CN(Cc3ccc(F)cc3Cl)C1)CC2. The number of likely N-dealkylation sites (tertiary alicyclic amines) is 2. The van der Waals surface area contributed by atoms with E-state index in [9.17, 15) is 9.18 Å². The van der Waals surface area contributed by atoms with E-state index in [0.29, 0.717) is 17.7 Å². The molecule has 5 rings (SSSR count). The molecule has 0 aromatic heterocycles. The number of piperidine rings is 1. The molecule has 0 saturated carbocycles. The van der Waals surface area contributed by atoms with Gasteiger partial charge in [-0.2, -0.15) is 0 Å². The van der Waals surface area contributed by atoms with Crippen LogP contribution in [0.25, 0.3) is 0 Å². The fourth-order valence-electron chi connectivity index (χ4n) is 5.09. The number of hydrogen-bond acceptors (Lipinski definition) is 4. The Bertz CT molecular complexity index is 926. The molecule has 0 atom stereocenters. The van der Waals surface area contributed by atoms with Crippen molar-refractivity contribution in [1.82, 2.24) is 15.1 Å². The summed E-state index contributed by atoms with van der Waals surface area (Å²) in [5, 5.41) is 3.56. The molecule has 7 heteroatoms. The van der Waals surface area contributed by atoms with E-state index in [1.165, 1.54) is 12.1 Å². The number of benzene rings is 2. The van der Waals surface area contributed by atoms with Gasteiger partial charge in [-0.15, -0.1) is 0 Å². The van der Waals surface area contributed by atoms with Crippen molar-refractivity contribution in [1.29, 1.82) is 0 Å². The topological polar surface area (TPSA) is 38.8 Å². The number of para-hydroxylation sites is 1. The Hall–Kier alpha value is -2.15. The van der Waals surface area contributed by atoms with Crippen molar-refractivity contribution in [2.45, 2.75) is 31.0 Å². The standard InChI is InChI=1S/C23H26ClFN4O/c24-21-12-18(25)7-6-17(21)13-27-14-20(15-27)28-10-8-23(9-11-28)22(30)26-16-29(23)19-4-2-1-3-5-19/h1-7,12,20H,8-11,13-16H2,(H,26,30). The normalized spacial score (nSPS) is 22.3. The van der Waals surface area contributed by atoms with Crippen molar-refractivity contribution < 1.29 is 9.18 Å². The highest BCUT2D eigenvalue weighted by molar-refractivity contribution is 6.31. The van der Waals surface area contributed by atoms with Gasteiger partial charge in [-0.05, 0) is 42.7 Å². The van der Waals surface area contributed by atoms with Gasteiger partial charge in [0.05, 0.1) is 6.67 Å². The van der Waals surface area contributed by atoms with Gasteiger partial charge < -0.3 is 10.2 Å². The molecule has 0 unspecified atom stereocenters. The van der Waals surface area contributed by atoms with Crippen LogP contribution in [-0.4, -0.2) is 60.1 Å². The molecule has 3 heterocycles. The first kappa shape index (κ1) is 19.8. The first-order valence-electron chi connectivity index (χ1n) is 10.6. The molecule has 2 aromatic rings. The van der Waals surface area contributed by atoms with Gasteiger partial charge in [0, 0.05) is 49.5 Å². The number of hydrogen-bond donors (Lipinski definition) is 1. The molecule has 3 fully saturated rings. The van der Waals surface area contributed by atoms with E-state index in [1.54, 1.807) is 6.07 Å². The minimum Gasteiger partial charge on any atom is -0.339 e. The zero-order valence-electron chi connectivity index (χ0n) is 16.9. The average molecular weight is 429 g/mol. The predicted octanol–water partition coefficient (Wildman–Crippen LogP) is 3.09. The van der Waals surface area contributed by atoms with E-state index in [-0.39, 0.29) is 11.7 Å². The van der Waals surface area contributed by atoms with Crippen LogP contribution < -0.4 is 10.2 Å². The summed E-state index contributed by atoms with van der Waals surface area (Å²) in [4.78, 5) is 19.9. The maximum absolute atomic E-state index is 13.2. The van der Waals surface area contributed by atoms with Gasteiger partial charge >= 0.3 is 0 Å². The van der Waals surface area contributed by atoms with Crippen molar-refractivity contribution in [3.63, 3.8) is 0 Å². The number of nitrogens with one attached hydrogen (secondary N) is 1. The van der Waals surface area contributed by atoms with E-state index in [0.717, 1.165) is 56.8 Å². The molecular formula is C23H26ClFN4O. The summed E-state index contributed by atoms with van der Waals surface area (Å²) in [6, 6.07) is 15.3. The number of carbonyl (C=O) groups is 1. The van der Waals surface area contributed by atoms with Gasteiger partial charge in [-0.25, -0.2) is 4.39 Å². The smallest absolute Gasteiger partial charge is 0.247 e. The molecule has 3 aliphatic rings. The summed E-state index contributed by atoms with van der Waals surface area (Å²) in [5.74, 6) is -0.139. The van der Waals surface area contributed by atoms with Crippen LogP contribution in [0, 0.1) is 5.82 Å². The van der Waals surface area contributed by atoms with Crippen LogP contribution >= 0.6 is 11.6 Å². The second-order valence-corrected chi connectivity index (χ2v) is 8.99. The van der Waals surface area contributed by atoms with Crippen LogP contribution in [0.3, 0.4) is 0 Å². The summed E-state index contributed by atoms with van der Waals surface area (Å²) in [6.45, 7) is 5.14. The molecule has 5 nitrogen and oxygen atoms in total. The molecule has 158 valence electrons. The number of rotatable bonds is 4. The number of anilines is 1. The Morgan fingerprint density at radius 2 is 1.83 bits per heavy atom. The van der Waals surface area contributed by atoms with Crippen LogP contribution in [0.2, 0.25) is 5.02 Å². The van der Waals surface area contributed by atoms with Crippen LogP contribution in [0.15, 0.2) is 48.5 Å². The van der Waals surface area contributed by atoms with Crippen LogP contribution in [0.1, 0.15) is 18.4 Å². The Kier molecular flexibility index (Phi) is 5.17. The van der Waals surface area contributed by atoms with E-state index < -0.39 is 5.54 Å². The zero-order valence-corrected chi connectivity index (χ0v) is 17.6. The van der Waals surface area contributed by atoms with Crippen molar-refractivity contribution in [2.75, 3.05) is 37.7 Å². The van der Waals surface area contributed by atoms with Crippen LogP contribution in [-0.2, 0) is 11.3 Å². The third-order valence-electron chi connectivity index (χ3n) is 6.89. The molecule has 0 aliphatic carbocycles. The molecule has 3 saturated heterocycles. The summed E-state index contributed by atoms with van der Waals surface area (Å²) in [7, 11) is 0. The fourth-order valence-corrected chi connectivity index (χ4v) is 5.31. The van der Waals surface area contributed by atoms with Gasteiger partial charge in [-0.1, -0.05) is 35.9 Å². The highest BCUT2D eigenvalue weighted by Gasteiger charge is 2.51. The molecule has 2 aromatic carbocycles. The maximum Gasteiger partial charge on any atom is 0.247 e. The van der Waals surface area contributed by atoms with Gasteiger partial charge in [0.1, 0.15) is 11.4 Å². The van der Waals surface area contributed by atoms with Gasteiger partial charge in [0.2, 0.25) is 5.91 Å². The van der Waals surface area contributed by atoms with Gasteiger partial charge in [-0.3, -0.25) is 14.6 Å². The molecule has 30 heavy (non-hydrogen) atoms. The third-order valence-corrected chi connectivity index (χ3v) is 7.25.